The quantitative estimate of drug-likeness (QED) is 0.512. The highest BCUT2D eigenvalue weighted by Gasteiger charge is 2.09. The lowest BCUT2D eigenvalue weighted by molar-refractivity contribution is 1.16. The van der Waals surface area contributed by atoms with Crippen LogP contribution in [0.3, 0.4) is 0 Å². The Morgan fingerprint density at radius 1 is 1.28 bits per heavy atom. The molecular formula is C13H12Cl2N2S. The summed E-state index contributed by atoms with van der Waals surface area (Å²) in [6.07, 6.45) is 0. The fourth-order valence-corrected chi connectivity index (χ4v) is 3.33. The van der Waals surface area contributed by atoms with Gasteiger partial charge in [-0.25, -0.2) is 4.98 Å². The normalized spacial score (nSPS) is 10.6. The summed E-state index contributed by atoms with van der Waals surface area (Å²) in [6, 6.07) is 9.53. The Balaban J connectivity index is 2.16. The first-order valence-corrected chi connectivity index (χ1v) is 7.10. The van der Waals surface area contributed by atoms with Gasteiger partial charge in [0.15, 0.2) is 0 Å². The molecule has 0 fully saturated rings. The van der Waals surface area contributed by atoms with Crippen LogP contribution in [0, 0.1) is 6.92 Å². The molecule has 18 heavy (non-hydrogen) atoms. The van der Waals surface area contributed by atoms with Gasteiger partial charge in [-0.15, -0.1) is 11.8 Å². The van der Waals surface area contributed by atoms with E-state index in [-0.39, 0.29) is 0 Å². The van der Waals surface area contributed by atoms with Crippen molar-refractivity contribution in [3.8, 4) is 0 Å². The Kier molecular flexibility index (Phi) is 4.38. The molecule has 1 aromatic heterocycles. The van der Waals surface area contributed by atoms with Crippen LogP contribution in [0.1, 0.15) is 11.3 Å². The van der Waals surface area contributed by atoms with Crippen molar-refractivity contribution < 1.29 is 0 Å². The molecule has 2 nitrogen and oxygen atoms in total. The highest BCUT2D eigenvalue weighted by atomic mass is 35.5. The topological polar surface area (TPSA) is 38.9 Å². The fraction of sp³-hybridized carbons (Fsp3) is 0.154. The predicted octanol–water partition coefficient (Wildman–Crippen LogP) is 4.57. The molecular weight excluding hydrogens is 287 g/mol. The average Bonchev–Trinajstić information content (AvgIpc) is 2.27. The molecule has 0 aliphatic carbocycles. The van der Waals surface area contributed by atoms with Crippen LogP contribution in [0.2, 0.25) is 10.2 Å². The lowest BCUT2D eigenvalue weighted by Crippen LogP contribution is -1.91. The minimum atomic E-state index is 0.469. The summed E-state index contributed by atoms with van der Waals surface area (Å²) in [7, 11) is 0. The molecule has 2 N–H and O–H groups in total. The van der Waals surface area contributed by atoms with Gasteiger partial charge >= 0.3 is 0 Å². The molecule has 0 spiro atoms. The number of thioether (sulfide) groups is 1. The second-order valence-electron chi connectivity index (χ2n) is 3.88. The largest absolute Gasteiger partial charge is 0.399 e. The van der Waals surface area contributed by atoms with Crippen molar-refractivity contribution in [2.45, 2.75) is 17.6 Å². The van der Waals surface area contributed by atoms with Gasteiger partial charge < -0.3 is 5.73 Å². The van der Waals surface area contributed by atoms with Gasteiger partial charge in [-0.2, -0.15) is 0 Å². The Morgan fingerprint density at radius 2 is 2.06 bits per heavy atom. The number of benzene rings is 1. The minimum Gasteiger partial charge on any atom is -0.399 e. The zero-order valence-corrected chi connectivity index (χ0v) is 12.1. The molecule has 0 radical (unpaired) electrons. The first-order chi connectivity index (χ1) is 8.56. The maximum atomic E-state index is 6.17. The highest BCUT2D eigenvalue weighted by molar-refractivity contribution is 7.98. The van der Waals surface area contributed by atoms with Crippen molar-refractivity contribution in [1.82, 2.24) is 4.98 Å². The second kappa shape index (κ2) is 5.83. The van der Waals surface area contributed by atoms with Crippen LogP contribution in [0.15, 0.2) is 35.2 Å². The molecule has 0 amide bonds. The molecule has 0 aliphatic rings. The standard InChI is InChI=1S/C13H12Cl2N2S/c1-8-5-12(14)11(13(15)17-8)7-18-10-4-2-3-9(16)6-10/h2-6H,7,16H2,1H3. The van der Waals surface area contributed by atoms with E-state index in [1.165, 1.54) is 0 Å². The number of aryl methyl sites for hydroxylation is 1. The number of pyridine rings is 1. The molecule has 2 aromatic rings. The van der Waals surface area contributed by atoms with E-state index in [0.717, 1.165) is 21.8 Å². The summed E-state index contributed by atoms with van der Waals surface area (Å²) in [5, 5.41) is 1.13. The Bertz CT molecular complexity index is 550. The van der Waals surface area contributed by atoms with Gasteiger partial charge in [0.1, 0.15) is 5.15 Å². The number of nitrogens with zero attached hydrogens (tertiary/aromatic N) is 1. The van der Waals surface area contributed by atoms with E-state index in [1.807, 2.05) is 37.3 Å². The van der Waals surface area contributed by atoms with Crippen molar-refractivity contribution in [3.63, 3.8) is 0 Å². The van der Waals surface area contributed by atoms with Crippen LogP contribution in [0.4, 0.5) is 5.69 Å². The lowest BCUT2D eigenvalue weighted by atomic mass is 10.3. The third kappa shape index (κ3) is 3.31. The molecule has 1 aromatic carbocycles. The van der Waals surface area contributed by atoms with Crippen molar-refractivity contribution in [1.29, 1.82) is 0 Å². The molecule has 0 saturated carbocycles. The number of anilines is 1. The number of rotatable bonds is 3. The third-order valence-corrected chi connectivity index (χ3v) is 4.06. The molecule has 0 bridgehead atoms. The summed E-state index contributed by atoms with van der Waals surface area (Å²) in [5.74, 6) is 0.675. The molecule has 94 valence electrons. The number of hydrogen-bond acceptors (Lipinski definition) is 3. The maximum absolute atomic E-state index is 6.17. The average molecular weight is 299 g/mol. The highest BCUT2D eigenvalue weighted by Crippen LogP contribution is 2.31. The van der Waals surface area contributed by atoms with Gasteiger partial charge in [0.2, 0.25) is 0 Å². The van der Waals surface area contributed by atoms with E-state index in [1.54, 1.807) is 11.8 Å². The molecule has 5 heteroatoms. The van der Waals surface area contributed by atoms with E-state index < -0.39 is 0 Å². The van der Waals surface area contributed by atoms with Crippen molar-refractivity contribution >= 4 is 40.7 Å². The summed E-state index contributed by atoms with van der Waals surface area (Å²) in [6.45, 7) is 1.87. The van der Waals surface area contributed by atoms with Gasteiger partial charge in [-0.05, 0) is 31.2 Å². The molecule has 0 unspecified atom stereocenters. The summed E-state index contributed by atoms with van der Waals surface area (Å²) in [4.78, 5) is 5.29. The maximum Gasteiger partial charge on any atom is 0.134 e. The molecule has 0 aliphatic heterocycles. The van der Waals surface area contributed by atoms with Gasteiger partial charge in [-0.1, -0.05) is 29.3 Å². The van der Waals surface area contributed by atoms with Gasteiger partial charge in [-0.3, -0.25) is 0 Å². The van der Waals surface area contributed by atoms with Crippen LogP contribution >= 0.6 is 35.0 Å². The Labute approximate surface area is 121 Å². The smallest absolute Gasteiger partial charge is 0.134 e. The van der Waals surface area contributed by atoms with E-state index in [0.29, 0.717) is 15.9 Å². The van der Waals surface area contributed by atoms with Gasteiger partial charge in [0, 0.05) is 32.6 Å². The fourth-order valence-electron chi connectivity index (χ4n) is 1.51. The zero-order chi connectivity index (χ0) is 13.1. The van der Waals surface area contributed by atoms with E-state index >= 15 is 0 Å². The van der Waals surface area contributed by atoms with E-state index in [9.17, 15) is 0 Å². The number of aromatic nitrogens is 1. The first kappa shape index (κ1) is 13.5. The van der Waals surface area contributed by atoms with Crippen LogP contribution < -0.4 is 5.73 Å². The minimum absolute atomic E-state index is 0.469. The number of hydrogen-bond donors (Lipinski definition) is 1. The summed E-state index contributed by atoms with van der Waals surface area (Å²) >= 11 is 13.9. The predicted molar refractivity (Wildman–Crippen MR) is 79.4 cm³/mol. The van der Waals surface area contributed by atoms with Crippen LogP contribution in [-0.4, -0.2) is 4.98 Å². The van der Waals surface area contributed by atoms with Crippen molar-refractivity contribution in [2.24, 2.45) is 0 Å². The van der Waals surface area contributed by atoms with Gasteiger partial charge in [0.05, 0.1) is 0 Å². The number of nitrogen functional groups attached to an aromatic ring is 1. The van der Waals surface area contributed by atoms with Crippen LogP contribution in [0.5, 0.6) is 0 Å². The lowest BCUT2D eigenvalue weighted by Gasteiger charge is -2.07. The summed E-state index contributed by atoms with van der Waals surface area (Å²) in [5.41, 5.74) is 8.16. The van der Waals surface area contributed by atoms with Crippen LogP contribution in [-0.2, 0) is 5.75 Å². The molecule has 0 saturated heterocycles. The first-order valence-electron chi connectivity index (χ1n) is 5.36. The SMILES string of the molecule is Cc1cc(Cl)c(CSc2cccc(N)c2)c(Cl)n1. The second-order valence-corrected chi connectivity index (χ2v) is 5.69. The molecule has 1 heterocycles. The van der Waals surface area contributed by atoms with Gasteiger partial charge in [0.25, 0.3) is 0 Å². The Morgan fingerprint density at radius 3 is 2.72 bits per heavy atom. The van der Waals surface area contributed by atoms with Crippen molar-refractivity contribution in [3.05, 3.63) is 51.8 Å². The molecule has 2 rings (SSSR count). The van der Waals surface area contributed by atoms with E-state index in [4.69, 9.17) is 28.9 Å². The molecule has 0 atom stereocenters. The number of halogens is 2. The third-order valence-electron chi connectivity index (χ3n) is 2.39. The monoisotopic (exact) mass is 298 g/mol. The van der Waals surface area contributed by atoms with E-state index in [2.05, 4.69) is 4.98 Å². The zero-order valence-electron chi connectivity index (χ0n) is 9.78. The van der Waals surface area contributed by atoms with Crippen LogP contribution in [0.25, 0.3) is 0 Å². The number of nitrogens with two attached hydrogens (primary N) is 1. The van der Waals surface area contributed by atoms with Crippen molar-refractivity contribution in [2.75, 3.05) is 5.73 Å². The Hall–Kier alpha value is -0.900. The summed E-state index contributed by atoms with van der Waals surface area (Å²) < 4.78 is 0.